The van der Waals surface area contributed by atoms with E-state index in [0.717, 1.165) is 19.5 Å². The van der Waals surface area contributed by atoms with Crippen molar-refractivity contribution in [2.75, 3.05) is 24.4 Å². The Bertz CT molecular complexity index is 1490. The Morgan fingerprint density at radius 2 is 1.98 bits per heavy atom. The second-order valence-corrected chi connectivity index (χ2v) is 13.9. The van der Waals surface area contributed by atoms with Gasteiger partial charge < -0.3 is 15.0 Å². The smallest absolute Gasteiger partial charge is 0.280 e. The molecule has 2 N–H and O–H groups in total. The van der Waals surface area contributed by atoms with E-state index in [1.165, 1.54) is 37.0 Å². The Labute approximate surface area is 244 Å². The zero-order valence-electron chi connectivity index (χ0n) is 23.0. The minimum absolute atomic E-state index is 0.135. The number of pyridine rings is 1. The SMILES string of the molecule is CCOc1cncc(-c2cnc(C(=O)N[C@@H](c3cc(NS(=O)(=O)C4CC4)ccn3)[C@@H]3CCN(C4CCCC4)C3)s2)n1. The Morgan fingerprint density at radius 3 is 2.76 bits per heavy atom. The first-order valence-corrected chi connectivity index (χ1v) is 16.7. The van der Waals surface area contributed by atoms with E-state index in [4.69, 9.17) is 4.74 Å². The number of ether oxygens (including phenoxy) is 1. The fourth-order valence-electron chi connectivity index (χ4n) is 5.81. The molecule has 6 rings (SSSR count). The van der Waals surface area contributed by atoms with E-state index in [-0.39, 0.29) is 17.1 Å². The number of rotatable bonds is 11. The number of nitrogens with zero attached hydrogens (tertiary/aromatic N) is 5. The Morgan fingerprint density at radius 1 is 1.15 bits per heavy atom. The van der Waals surface area contributed by atoms with E-state index in [2.05, 4.69) is 34.9 Å². The summed E-state index contributed by atoms with van der Waals surface area (Å²) >= 11 is 1.24. The number of hydrogen-bond donors (Lipinski definition) is 2. The van der Waals surface area contributed by atoms with Gasteiger partial charge in [-0.15, -0.1) is 11.3 Å². The van der Waals surface area contributed by atoms with Gasteiger partial charge >= 0.3 is 0 Å². The number of sulfonamides is 1. The van der Waals surface area contributed by atoms with Gasteiger partial charge in [0.05, 0.1) is 46.6 Å². The number of carbonyl (C=O) groups excluding carboxylic acids is 1. The van der Waals surface area contributed by atoms with E-state index in [0.29, 0.717) is 58.3 Å². The molecule has 3 aliphatic rings. The van der Waals surface area contributed by atoms with Gasteiger partial charge in [0.1, 0.15) is 5.69 Å². The molecule has 2 aliphatic carbocycles. The quantitative estimate of drug-likeness (QED) is 0.335. The molecule has 1 amide bonds. The normalized spacial score (nSPS) is 20.7. The molecule has 1 saturated heterocycles. The molecule has 2 saturated carbocycles. The van der Waals surface area contributed by atoms with Crippen molar-refractivity contribution in [3.8, 4) is 16.5 Å². The summed E-state index contributed by atoms with van der Waals surface area (Å²) in [5, 5.41) is 3.19. The van der Waals surface area contributed by atoms with Gasteiger partial charge in [-0.05, 0) is 63.6 Å². The van der Waals surface area contributed by atoms with Crippen LogP contribution in [0.15, 0.2) is 36.9 Å². The monoisotopic (exact) mass is 597 g/mol. The molecule has 41 heavy (non-hydrogen) atoms. The zero-order chi connectivity index (χ0) is 28.4. The maximum absolute atomic E-state index is 13.6. The predicted molar refractivity (Wildman–Crippen MR) is 156 cm³/mol. The van der Waals surface area contributed by atoms with Crippen LogP contribution in [0.1, 0.15) is 73.4 Å². The van der Waals surface area contributed by atoms with Crippen LogP contribution in [-0.4, -0.2) is 70.1 Å². The van der Waals surface area contributed by atoms with Gasteiger partial charge in [-0.2, -0.15) is 0 Å². The van der Waals surface area contributed by atoms with Gasteiger partial charge in [-0.1, -0.05) is 12.8 Å². The number of aromatic nitrogens is 4. The summed E-state index contributed by atoms with van der Waals surface area (Å²) in [6.07, 6.45) is 13.6. The van der Waals surface area contributed by atoms with E-state index in [1.54, 1.807) is 36.9 Å². The van der Waals surface area contributed by atoms with Crippen LogP contribution < -0.4 is 14.8 Å². The number of amides is 1. The molecule has 3 fully saturated rings. The van der Waals surface area contributed by atoms with Gasteiger partial charge in [0, 0.05) is 25.0 Å². The third-order valence-corrected chi connectivity index (χ3v) is 10.9. The first-order chi connectivity index (χ1) is 19.9. The molecule has 0 unspecified atom stereocenters. The molecule has 2 atom stereocenters. The van der Waals surface area contributed by atoms with Crippen molar-refractivity contribution < 1.29 is 17.9 Å². The fraction of sp³-hybridized carbons (Fsp3) is 0.536. The number of nitrogens with one attached hydrogen (secondary N) is 2. The first kappa shape index (κ1) is 28.0. The maximum Gasteiger partial charge on any atom is 0.280 e. The third kappa shape index (κ3) is 6.52. The van der Waals surface area contributed by atoms with Gasteiger partial charge in [-0.25, -0.2) is 18.4 Å². The second-order valence-electron chi connectivity index (χ2n) is 11.0. The fourth-order valence-corrected chi connectivity index (χ4v) is 7.97. The number of likely N-dealkylation sites (tertiary alicyclic amines) is 1. The summed E-state index contributed by atoms with van der Waals surface area (Å²) in [6.45, 7) is 4.20. The topological polar surface area (TPSA) is 139 Å². The van der Waals surface area contributed by atoms with Crippen LogP contribution in [0.25, 0.3) is 10.6 Å². The molecule has 4 heterocycles. The maximum atomic E-state index is 13.6. The molecule has 3 aromatic rings. The molecule has 3 aromatic heterocycles. The lowest BCUT2D eigenvalue weighted by molar-refractivity contribution is 0.0919. The molecular formula is C28H35N7O4S2. The molecule has 11 nitrogen and oxygen atoms in total. The summed E-state index contributed by atoms with van der Waals surface area (Å²) in [5.41, 5.74) is 1.69. The molecule has 1 aliphatic heterocycles. The molecule has 218 valence electrons. The van der Waals surface area contributed by atoms with Crippen molar-refractivity contribution in [2.45, 2.75) is 69.2 Å². The average molecular weight is 598 g/mol. The summed E-state index contributed by atoms with van der Waals surface area (Å²) in [4.78, 5) is 34.5. The lowest BCUT2D eigenvalue weighted by Crippen LogP contribution is -2.37. The molecular weight excluding hydrogens is 562 g/mol. The first-order valence-electron chi connectivity index (χ1n) is 14.3. The van der Waals surface area contributed by atoms with Crippen LogP contribution in [0.5, 0.6) is 5.88 Å². The van der Waals surface area contributed by atoms with E-state index >= 15 is 0 Å². The van der Waals surface area contributed by atoms with Crippen molar-refractivity contribution in [3.63, 3.8) is 0 Å². The lowest BCUT2D eigenvalue weighted by atomic mass is 9.95. The summed E-state index contributed by atoms with van der Waals surface area (Å²) in [7, 11) is -3.42. The minimum atomic E-state index is -3.42. The van der Waals surface area contributed by atoms with Gasteiger partial charge in [0.2, 0.25) is 15.9 Å². The van der Waals surface area contributed by atoms with Crippen LogP contribution in [0.2, 0.25) is 0 Å². The molecule has 0 spiro atoms. The van der Waals surface area contributed by atoms with Crippen LogP contribution in [0.3, 0.4) is 0 Å². The Balaban J connectivity index is 1.23. The minimum Gasteiger partial charge on any atom is -0.477 e. The van der Waals surface area contributed by atoms with Crippen molar-refractivity contribution >= 4 is 33.0 Å². The standard InChI is InChI=1S/C28H35N7O4S2/c1-2-39-25-16-29-14-23(32-25)24-15-31-28(40-24)27(36)33-26(18-10-12-35(17-18)20-5-3-4-6-20)22-13-19(9-11-30-22)34-41(37,38)21-7-8-21/h9,11,13-16,18,20-21,26H,2-8,10,12,17H2,1H3,(H,30,34)(H,33,36)/t18-,26-/m1/s1. The number of anilines is 1. The highest BCUT2D eigenvalue weighted by Gasteiger charge is 2.38. The third-order valence-electron chi connectivity index (χ3n) is 8.04. The van der Waals surface area contributed by atoms with Gasteiger partial charge in [-0.3, -0.25) is 19.5 Å². The van der Waals surface area contributed by atoms with Gasteiger partial charge in [0.25, 0.3) is 5.91 Å². The van der Waals surface area contributed by atoms with Crippen molar-refractivity contribution in [1.82, 2.24) is 30.2 Å². The number of carbonyl (C=O) groups is 1. The highest BCUT2D eigenvalue weighted by atomic mass is 32.2. The molecule has 0 aromatic carbocycles. The molecule has 13 heteroatoms. The van der Waals surface area contributed by atoms with Gasteiger partial charge in [0.15, 0.2) is 5.01 Å². The summed E-state index contributed by atoms with van der Waals surface area (Å²) in [6, 6.07) is 3.61. The number of thiazole rings is 1. The van der Waals surface area contributed by atoms with Crippen molar-refractivity contribution in [2.24, 2.45) is 5.92 Å². The van der Waals surface area contributed by atoms with E-state index in [1.807, 2.05) is 6.92 Å². The molecule has 0 bridgehead atoms. The number of hydrogen-bond acceptors (Lipinski definition) is 10. The van der Waals surface area contributed by atoms with Crippen LogP contribution >= 0.6 is 11.3 Å². The second kappa shape index (κ2) is 12.0. The van der Waals surface area contributed by atoms with Crippen molar-refractivity contribution in [1.29, 1.82) is 0 Å². The van der Waals surface area contributed by atoms with Crippen LogP contribution in [-0.2, 0) is 10.0 Å². The Hall–Kier alpha value is -3.16. The van der Waals surface area contributed by atoms with E-state index < -0.39 is 16.1 Å². The van der Waals surface area contributed by atoms with Crippen molar-refractivity contribution in [3.05, 3.63) is 47.6 Å². The molecule has 0 radical (unpaired) electrons. The van der Waals surface area contributed by atoms with Crippen LogP contribution in [0, 0.1) is 5.92 Å². The zero-order valence-corrected chi connectivity index (χ0v) is 24.7. The Kier molecular flexibility index (Phi) is 8.18. The highest BCUT2D eigenvalue weighted by molar-refractivity contribution is 7.93. The summed E-state index contributed by atoms with van der Waals surface area (Å²) < 4.78 is 33.4. The highest BCUT2D eigenvalue weighted by Crippen LogP contribution is 2.36. The predicted octanol–water partition coefficient (Wildman–Crippen LogP) is 4.03. The average Bonchev–Trinajstić information content (AvgIpc) is 3.34. The lowest BCUT2D eigenvalue weighted by Gasteiger charge is -2.27. The summed E-state index contributed by atoms with van der Waals surface area (Å²) in [5.74, 6) is 0.251. The largest absolute Gasteiger partial charge is 0.477 e. The van der Waals surface area contributed by atoms with E-state index in [9.17, 15) is 13.2 Å². The van der Waals surface area contributed by atoms with Crippen LogP contribution in [0.4, 0.5) is 5.69 Å².